The van der Waals surface area contributed by atoms with E-state index >= 15 is 0 Å². The van der Waals surface area contributed by atoms with E-state index < -0.39 is 24.3 Å². The van der Waals surface area contributed by atoms with E-state index in [-0.39, 0.29) is 0 Å². The van der Waals surface area contributed by atoms with Crippen LogP contribution < -0.4 is 10.1 Å². The highest BCUT2D eigenvalue weighted by Gasteiger charge is 2.30. The average Bonchev–Trinajstić information content (AvgIpc) is 2.99. The predicted molar refractivity (Wildman–Crippen MR) is 92.9 cm³/mol. The number of nitrogens with one attached hydrogen (secondary N) is 2. The van der Waals surface area contributed by atoms with Gasteiger partial charge in [-0.2, -0.15) is 0 Å². The monoisotopic (exact) mass is 344 g/mol. The van der Waals surface area contributed by atoms with Gasteiger partial charge in [-0.25, -0.2) is 0 Å². The molecule has 3 rings (SSSR count). The molecule has 1 aromatic carbocycles. The molecule has 25 heavy (non-hydrogen) atoms. The van der Waals surface area contributed by atoms with Gasteiger partial charge in [0, 0.05) is 28.7 Å². The number of H-pyrrole nitrogens is 1. The van der Waals surface area contributed by atoms with Gasteiger partial charge in [-0.15, -0.1) is 0 Å². The summed E-state index contributed by atoms with van der Waals surface area (Å²) in [6.07, 6.45) is 2.27. The van der Waals surface area contributed by atoms with E-state index in [4.69, 9.17) is 9.84 Å². The molecule has 7 nitrogen and oxygen atoms in total. The minimum absolute atomic E-state index is 0.419. The van der Waals surface area contributed by atoms with Crippen LogP contribution in [0.3, 0.4) is 0 Å². The number of methoxy groups -OCH3 is 1. The van der Waals surface area contributed by atoms with Crippen LogP contribution >= 0.6 is 0 Å². The topological polar surface area (TPSA) is 112 Å². The summed E-state index contributed by atoms with van der Waals surface area (Å²) in [7, 11) is 1.56. The maximum atomic E-state index is 11.8. The third kappa shape index (κ3) is 3.23. The molecule has 1 atom stereocenters. The molecule has 1 aliphatic rings. The number of benzene rings is 1. The van der Waals surface area contributed by atoms with Crippen molar-refractivity contribution in [1.29, 1.82) is 0 Å². The van der Waals surface area contributed by atoms with Gasteiger partial charge in [0.15, 0.2) is 0 Å². The number of carboxylic acids is 2. The summed E-state index contributed by atoms with van der Waals surface area (Å²) < 4.78 is 5.47. The second-order valence-corrected chi connectivity index (χ2v) is 5.97. The SMILES string of the molecule is COc1cccc2[nH]c(C(CC(=O)O)C(=O)O)c(C3=CCNCC3)c12. The van der Waals surface area contributed by atoms with Gasteiger partial charge in [-0.3, -0.25) is 9.59 Å². The number of aliphatic carboxylic acids is 2. The van der Waals surface area contributed by atoms with Crippen molar-refractivity contribution in [3.05, 3.63) is 35.5 Å². The van der Waals surface area contributed by atoms with Crippen molar-refractivity contribution in [3.63, 3.8) is 0 Å². The molecule has 4 N–H and O–H groups in total. The maximum Gasteiger partial charge on any atom is 0.313 e. The second kappa shape index (κ2) is 6.98. The molecule has 0 radical (unpaired) electrons. The van der Waals surface area contributed by atoms with Crippen molar-refractivity contribution in [2.45, 2.75) is 18.8 Å². The Bertz CT molecular complexity index is 853. The summed E-state index contributed by atoms with van der Waals surface area (Å²) in [6.45, 7) is 1.47. The summed E-state index contributed by atoms with van der Waals surface area (Å²) in [5, 5.41) is 22.8. The van der Waals surface area contributed by atoms with Crippen molar-refractivity contribution in [1.82, 2.24) is 10.3 Å². The molecule has 2 aromatic rings. The number of hydrogen-bond acceptors (Lipinski definition) is 4. The molecule has 0 amide bonds. The summed E-state index contributed by atoms with van der Waals surface area (Å²) >= 11 is 0. The molecule has 1 aromatic heterocycles. The normalized spacial score (nSPS) is 15.6. The zero-order valence-electron chi connectivity index (χ0n) is 13.8. The second-order valence-electron chi connectivity index (χ2n) is 5.97. The Labute approximate surface area is 144 Å². The Morgan fingerprint density at radius 1 is 1.32 bits per heavy atom. The molecule has 1 unspecified atom stereocenters. The van der Waals surface area contributed by atoms with Gasteiger partial charge in [0.1, 0.15) is 11.7 Å². The van der Waals surface area contributed by atoms with Crippen LogP contribution in [0.4, 0.5) is 0 Å². The molecule has 1 aliphatic heterocycles. The lowest BCUT2D eigenvalue weighted by Crippen LogP contribution is -2.21. The Balaban J connectivity index is 2.28. The fourth-order valence-corrected chi connectivity index (χ4v) is 3.34. The van der Waals surface area contributed by atoms with Crippen LogP contribution in [0.15, 0.2) is 24.3 Å². The fourth-order valence-electron chi connectivity index (χ4n) is 3.34. The number of rotatable bonds is 6. The van der Waals surface area contributed by atoms with Crippen molar-refractivity contribution in [3.8, 4) is 5.75 Å². The van der Waals surface area contributed by atoms with Crippen LogP contribution in [0.5, 0.6) is 5.75 Å². The van der Waals surface area contributed by atoms with E-state index in [1.54, 1.807) is 7.11 Å². The highest BCUT2D eigenvalue weighted by molar-refractivity contribution is 6.00. The van der Waals surface area contributed by atoms with Crippen LogP contribution in [0.25, 0.3) is 16.5 Å². The third-order valence-electron chi connectivity index (χ3n) is 4.45. The number of aromatic nitrogens is 1. The van der Waals surface area contributed by atoms with Crippen LogP contribution in [-0.4, -0.2) is 47.3 Å². The zero-order valence-corrected chi connectivity index (χ0v) is 13.8. The zero-order chi connectivity index (χ0) is 18.0. The molecule has 7 heteroatoms. The third-order valence-corrected chi connectivity index (χ3v) is 4.45. The minimum Gasteiger partial charge on any atom is -0.496 e. The van der Waals surface area contributed by atoms with Crippen molar-refractivity contribution in [2.24, 2.45) is 0 Å². The van der Waals surface area contributed by atoms with Crippen molar-refractivity contribution in [2.75, 3.05) is 20.2 Å². The molecule has 0 saturated heterocycles. The molecule has 132 valence electrons. The lowest BCUT2D eigenvalue weighted by atomic mass is 9.90. The van der Waals surface area contributed by atoms with E-state index in [1.807, 2.05) is 24.3 Å². The Morgan fingerprint density at radius 3 is 2.72 bits per heavy atom. The standard InChI is InChI=1S/C18H20N2O5/c1-25-13-4-2-3-12-16(13)15(10-5-7-19-8-6-10)17(20-12)11(18(23)24)9-14(21)22/h2-5,11,19-20H,6-9H2,1H3,(H,21,22)(H,23,24). The van der Waals surface area contributed by atoms with E-state index in [0.717, 1.165) is 35.0 Å². The van der Waals surface area contributed by atoms with Gasteiger partial charge in [-0.1, -0.05) is 12.1 Å². The van der Waals surface area contributed by atoms with Gasteiger partial charge < -0.3 is 25.3 Å². The molecule has 0 fully saturated rings. The first-order valence-electron chi connectivity index (χ1n) is 8.06. The number of ether oxygens (including phenoxy) is 1. The van der Waals surface area contributed by atoms with Crippen LogP contribution in [0.1, 0.15) is 30.0 Å². The van der Waals surface area contributed by atoms with Crippen LogP contribution in [0.2, 0.25) is 0 Å². The number of carboxylic acid groups (broad SMARTS) is 2. The highest BCUT2D eigenvalue weighted by Crippen LogP contribution is 2.40. The first-order chi connectivity index (χ1) is 12.0. The smallest absolute Gasteiger partial charge is 0.313 e. The predicted octanol–water partition coefficient (Wildman–Crippen LogP) is 2.20. The van der Waals surface area contributed by atoms with Gasteiger partial charge >= 0.3 is 11.9 Å². The van der Waals surface area contributed by atoms with Gasteiger partial charge in [0.25, 0.3) is 0 Å². The number of aromatic amines is 1. The molecular weight excluding hydrogens is 324 g/mol. The van der Waals surface area contributed by atoms with Crippen LogP contribution in [-0.2, 0) is 9.59 Å². The number of hydrogen-bond donors (Lipinski definition) is 4. The van der Waals surface area contributed by atoms with Crippen molar-refractivity contribution < 1.29 is 24.5 Å². The number of carbonyl (C=O) groups is 2. The molecule has 0 bridgehead atoms. The van der Waals surface area contributed by atoms with Gasteiger partial charge in [-0.05, 0) is 30.7 Å². The highest BCUT2D eigenvalue weighted by atomic mass is 16.5. The minimum atomic E-state index is -1.16. The maximum absolute atomic E-state index is 11.8. The first-order valence-corrected chi connectivity index (χ1v) is 8.06. The molecule has 2 heterocycles. The molecule has 0 saturated carbocycles. The quantitative estimate of drug-likeness (QED) is 0.639. The Hall–Kier alpha value is -2.80. The fraction of sp³-hybridized carbons (Fsp3) is 0.333. The largest absolute Gasteiger partial charge is 0.496 e. The first kappa shape index (κ1) is 17.0. The van der Waals surface area contributed by atoms with E-state index in [1.165, 1.54) is 0 Å². The van der Waals surface area contributed by atoms with Gasteiger partial charge in [0.05, 0.1) is 13.5 Å². The lowest BCUT2D eigenvalue weighted by Gasteiger charge is -2.18. The van der Waals surface area contributed by atoms with Crippen molar-refractivity contribution >= 4 is 28.4 Å². The summed E-state index contributed by atoms with van der Waals surface area (Å²) in [4.78, 5) is 26.1. The average molecular weight is 344 g/mol. The lowest BCUT2D eigenvalue weighted by molar-refractivity contribution is -0.145. The van der Waals surface area contributed by atoms with E-state index in [2.05, 4.69) is 10.3 Å². The Kier molecular flexibility index (Phi) is 4.76. The molecular formula is C18H20N2O5. The van der Waals surface area contributed by atoms with E-state index in [0.29, 0.717) is 18.0 Å². The summed E-state index contributed by atoms with van der Waals surface area (Å²) in [5.74, 6) is -2.83. The Morgan fingerprint density at radius 2 is 2.12 bits per heavy atom. The van der Waals surface area contributed by atoms with Crippen LogP contribution in [0, 0.1) is 0 Å². The van der Waals surface area contributed by atoms with Gasteiger partial charge in [0.2, 0.25) is 0 Å². The molecule has 0 aliphatic carbocycles. The number of fused-ring (bicyclic) bond motifs is 1. The molecule has 0 spiro atoms. The summed E-state index contributed by atoms with van der Waals surface area (Å²) in [5.41, 5.74) is 2.91. The summed E-state index contributed by atoms with van der Waals surface area (Å²) in [6, 6.07) is 5.47. The van der Waals surface area contributed by atoms with E-state index in [9.17, 15) is 14.7 Å².